The highest BCUT2D eigenvalue weighted by atomic mass is 32.2. The number of halogens is 3. The van der Waals surface area contributed by atoms with Gasteiger partial charge in [-0.2, -0.15) is 13.2 Å². The van der Waals surface area contributed by atoms with Gasteiger partial charge in [-0.25, -0.2) is 9.97 Å². The van der Waals surface area contributed by atoms with Crippen molar-refractivity contribution in [1.82, 2.24) is 19.8 Å². The Bertz CT molecular complexity index is 1400. The molecule has 38 heavy (non-hydrogen) atoms. The summed E-state index contributed by atoms with van der Waals surface area (Å²) in [5, 5.41) is 3.17. The van der Waals surface area contributed by atoms with Crippen LogP contribution in [0.2, 0.25) is 0 Å². The minimum atomic E-state index is -4.63. The van der Waals surface area contributed by atoms with Crippen molar-refractivity contribution in [3.05, 3.63) is 51.5 Å². The van der Waals surface area contributed by atoms with Crippen LogP contribution in [0.15, 0.2) is 29.3 Å². The van der Waals surface area contributed by atoms with Gasteiger partial charge in [-0.05, 0) is 60.9 Å². The van der Waals surface area contributed by atoms with E-state index in [0.717, 1.165) is 60.8 Å². The van der Waals surface area contributed by atoms with Crippen molar-refractivity contribution in [2.24, 2.45) is 5.92 Å². The van der Waals surface area contributed by atoms with Gasteiger partial charge in [-0.3, -0.25) is 9.69 Å². The number of fused-ring (bicyclic) bond motifs is 2. The Morgan fingerprint density at radius 1 is 1.16 bits per heavy atom. The Morgan fingerprint density at radius 2 is 1.97 bits per heavy atom. The number of thiophene rings is 1. The second kappa shape index (κ2) is 9.84. The molecule has 0 radical (unpaired) electrons. The lowest BCUT2D eigenvalue weighted by atomic mass is 9.96. The van der Waals surface area contributed by atoms with Crippen molar-refractivity contribution in [3.8, 4) is 10.6 Å². The Kier molecular flexibility index (Phi) is 6.64. The molecule has 2 aliphatic heterocycles. The molecular weight excluding hydrogens is 531 g/mol. The van der Waals surface area contributed by atoms with E-state index < -0.39 is 11.7 Å². The first-order valence-corrected chi connectivity index (χ1v) is 14.5. The van der Waals surface area contributed by atoms with Gasteiger partial charge in [0.2, 0.25) is 5.95 Å². The summed E-state index contributed by atoms with van der Waals surface area (Å²) in [6.45, 7) is 5.69. The van der Waals surface area contributed by atoms with Gasteiger partial charge in [-0.1, -0.05) is 6.07 Å². The molecule has 1 saturated carbocycles. The van der Waals surface area contributed by atoms with Crippen molar-refractivity contribution >= 4 is 40.6 Å². The Hall–Kier alpha value is -2.63. The fourth-order valence-electron chi connectivity index (χ4n) is 5.02. The molecule has 3 aromatic rings. The zero-order valence-electron chi connectivity index (χ0n) is 21.2. The van der Waals surface area contributed by atoms with Gasteiger partial charge in [0, 0.05) is 55.8 Å². The van der Waals surface area contributed by atoms with Gasteiger partial charge < -0.3 is 10.2 Å². The van der Waals surface area contributed by atoms with E-state index in [0.29, 0.717) is 26.9 Å². The Morgan fingerprint density at radius 3 is 2.74 bits per heavy atom. The molecule has 0 unspecified atom stereocenters. The number of hydrogen-bond donors (Lipinski definition) is 1. The highest BCUT2D eigenvalue weighted by Crippen LogP contribution is 2.43. The number of alkyl halides is 3. The largest absolute Gasteiger partial charge is 0.420 e. The fourth-order valence-corrected chi connectivity index (χ4v) is 7.45. The van der Waals surface area contributed by atoms with Crippen LogP contribution in [0.25, 0.3) is 10.6 Å². The average Bonchev–Trinajstić information content (AvgIpc) is 3.61. The number of aryl methyl sites for hydroxylation is 1. The molecule has 4 heterocycles. The third kappa shape index (κ3) is 5.15. The van der Waals surface area contributed by atoms with Gasteiger partial charge in [0.15, 0.2) is 0 Å². The van der Waals surface area contributed by atoms with E-state index in [1.807, 2.05) is 6.92 Å². The summed E-state index contributed by atoms with van der Waals surface area (Å²) in [4.78, 5) is 26.7. The summed E-state index contributed by atoms with van der Waals surface area (Å²) in [6.07, 6.45) is -0.185. The number of aromatic nitrogens is 2. The van der Waals surface area contributed by atoms with Crippen molar-refractivity contribution in [2.75, 3.05) is 37.8 Å². The Labute approximate surface area is 227 Å². The molecule has 1 fully saturated rings. The number of carbonyl (C=O) groups excluding carboxylic acids is 1. The molecule has 0 spiro atoms. The first-order chi connectivity index (χ1) is 18.2. The minimum Gasteiger partial charge on any atom is -0.340 e. The quantitative estimate of drug-likeness (QED) is 0.401. The van der Waals surface area contributed by atoms with Gasteiger partial charge >= 0.3 is 6.18 Å². The smallest absolute Gasteiger partial charge is 0.340 e. The standard InChI is InChI=1S/C27H28F3N5OS2/c1-15-9-18-14-35(13-16-3-4-16)6-5-17(18)10-20(15)32-26-31-12-19(27(28,29)30)23(33-26)21-11-22-24(38-21)25(36)34(2)7-8-37-22/h9-12,16H,3-8,13-14H2,1-2H3,(H,31,32,33). The van der Waals surface area contributed by atoms with Crippen molar-refractivity contribution in [3.63, 3.8) is 0 Å². The number of thioether (sulfide) groups is 1. The van der Waals surface area contributed by atoms with Crippen LogP contribution in [0.4, 0.5) is 24.8 Å². The summed E-state index contributed by atoms with van der Waals surface area (Å²) in [7, 11) is 1.71. The lowest BCUT2D eigenvalue weighted by molar-refractivity contribution is -0.137. The summed E-state index contributed by atoms with van der Waals surface area (Å²) < 4.78 is 41.9. The molecule has 2 aromatic heterocycles. The summed E-state index contributed by atoms with van der Waals surface area (Å²) >= 11 is 2.53. The lowest BCUT2D eigenvalue weighted by Crippen LogP contribution is -2.32. The monoisotopic (exact) mass is 559 g/mol. The maximum Gasteiger partial charge on any atom is 0.420 e. The molecule has 0 bridgehead atoms. The maximum absolute atomic E-state index is 14.0. The number of amides is 1. The van der Waals surface area contributed by atoms with E-state index in [2.05, 4.69) is 32.3 Å². The van der Waals surface area contributed by atoms with E-state index >= 15 is 0 Å². The van der Waals surface area contributed by atoms with Crippen molar-refractivity contribution in [1.29, 1.82) is 0 Å². The van der Waals surface area contributed by atoms with Crippen LogP contribution >= 0.6 is 23.1 Å². The van der Waals surface area contributed by atoms with Crippen LogP contribution in [0.3, 0.4) is 0 Å². The highest BCUT2D eigenvalue weighted by molar-refractivity contribution is 7.99. The van der Waals surface area contributed by atoms with Gasteiger partial charge in [0.1, 0.15) is 10.4 Å². The van der Waals surface area contributed by atoms with E-state index in [1.54, 1.807) is 18.0 Å². The SMILES string of the molecule is Cc1cc2c(cc1Nc1ncc(C(F)(F)F)c(-c3cc4c(s3)C(=O)N(C)CCS4)n1)CCN(CC1CC1)C2. The molecule has 1 amide bonds. The van der Waals surface area contributed by atoms with E-state index in [4.69, 9.17) is 0 Å². The Balaban J connectivity index is 1.31. The molecule has 3 aliphatic rings. The molecule has 1 aliphatic carbocycles. The lowest BCUT2D eigenvalue weighted by Gasteiger charge is -2.29. The second-order valence-corrected chi connectivity index (χ2v) is 12.5. The van der Waals surface area contributed by atoms with Gasteiger partial charge in [0.25, 0.3) is 5.91 Å². The number of benzene rings is 1. The summed E-state index contributed by atoms with van der Waals surface area (Å²) in [5.74, 6) is 1.45. The van der Waals surface area contributed by atoms with E-state index in [9.17, 15) is 18.0 Å². The van der Waals surface area contributed by atoms with Crippen LogP contribution in [-0.4, -0.2) is 58.1 Å². The maximum atomic E-state index is 14.0. The average molecular weight is 560 g/mol. The number of hydrogen-bond acceptors (Lipinski definition) is 7. The molecular formula is C27H28F3N5OS2. The van der Waals surface area contributed by atoms with Crippen LogP contribution < -0.4 is 5.32 Å². The van der Waals surface area contributed by atoms with Gasteiger partial charge in [0.05, 0.1) is 10.6 Å². The van der Waals surface area contributed by atoms with Crippen LogP contribution in [-0.2, 0) is 19.1 Å². The third-order valence-corrected chi connectivity index (χ3v) is 9.63. The molecule has 0 saturated heterocycles. The molecule has 11 heteroatoms. The number of rotatable bonds is 5. The van der Waals surface area contributed by atoms with Crippen LogP contribution in [0.5, 0.6) is 0 Å². The predicted octanol–water partition coefficient (Wildman–Crippen LogP) is 6.22. The first kappa shape index (κ1) is 25.6. The summed E-state index contributed by atoms with van der Waals surface area (Å²) in [5.41, 5.74) is 3.22. The zero-order valence-corrected chi connectivity index (χ0v) is 22.8. The number of anilines is 2. The number of carbonyl (C=O) groups is 1. The molecule has 200 valence electrons. The molecule has 6 nitrogen and oxygen atoms in total. The number of nitrogens with one attached hydrogen (secondary N) is 1. The molecule has 1 N–H and O–H groups in total. The molecule has 1 aromatic carbocycles. The van der Waals surface area contributed by atoms with Crippen LogP contribution in [0, 0.1) is 12.8 Å². The molecule has 0 atom stereocenters. The van der Waals surface area contributed by atoms with E-state index in [1.165, 1.54) is 35.7 Å². The highest BCUT2D eigenvalue weighted by Gasteiger charge is 2.37. The predicted molar refractivity (Wildman–Crippen MR) is 144 cm³/mol. The number of nitrogens with zero attached hydrogens (tertiary/aromatic N) is 4. The zero-order chi connectivity index (χ0) is 26.6. The third-order valence-electron chi connectivity index (χ3n) is 7.35. The fraction of sp³-hybridized carbons (Fsp3) is 0.444. The summed E-state index contributed by atoms with van der Waals surface area (Å²) in [6, 6.07) is 5.90. The topological polar surface area (TPSA) is 61.4 Å². The normalized spacial score (nSPS) is 18.2. The van der Waals surface area contributed by atoms with E-state index in [-0.39, 0.29) is 17.5 Å². The second-order valence-electron chi connectivity index (χ2n) is 10.3. The van der Waals surface area contributed by atoms with Crippen LogP contribution in [0.1, 0.15) is 44.8 Å². The van der Waals surface area contributed by atoms with Crippen molar-refractivity contribution in [2.45, 2.75) is 43.8 Å². The first-order valence-electron chi connectivity index (χ1n) is 12.7. The minimum absolute atomic E-state index is 0.0990. The van der Waals surface area contributed by atoms with Gasteiger partial charge in [-0.15, -0.1) is 23.1 Å². The van der Waals surface area contributed by atoms with Crippen molar-refractivity contribution < 1.29 is 18.0 Å². The molecule has 6 rings (SSSR count).